The first-order chi connectivity index (χ1) is 15.0. The Balaban J connectivity index is 0.00000363. The molecule has 172 valence electrons. The lowest BCUT2D eigenvalue weighted by Gasteiger charge is -2.23. The predicted molar refractivity (Wildman–Crippen MR) is 126 cm³/mol. The summed E-state index contributed by atoms with van der Waals surface area (Å²) in [5, 5.41) is 12.1. The van der Waals surface area contributed by atoms with Crippen molar-refractivity contribution in [3.8, 4) is 0 Å². The number of carbonyl (C=O) groups excluding carboxylic acids is 2. The molecule has 0 spiro atoms. The number of rotatable bonds is 9. The minimum absolute atomic E-state index is 0. The highest BCUT2D eigenvalue weighted by atomic mass is 35.5. The second-order valence-corrected chi connectivity index (χ2v) is 8.39. The number of halogens is 1. The minimum atomic E-state index is -1.08. The Morgan fingerprint density at radius 3 is 2.56 bits per heavy atom. The van der Waals surface area contributed by atoms with Gasteiger partial charge < -0.3 is 9.84 Å². The van der Waals surface area contributed by atoms with E-state index in [1.807, 2.05) is 42.5 Å². The second kappa shape index (κ2) is 12.5. The number of nitrogens with one attached hydrogen (secondary N) is 1. The van der Waals surface area contributed by atoms with E-state index in [-0.39, 0.29) is 37.3 Å². The smallest absolute Gasteiger partial charge is 0.323 e. The van der Waals surface area contributed by atoms with Crippen LogP contribution in [0.4, 0.5) is 5.69 Å². The molecule has 1 aliphatic heterocycles. The van der Waals surface area contributed by atoms with Gasteiger partial charge in [-0.2, -0.15) is 0 Å². The van der Waals surface area contributed by atoms with Crippen LogP contribution in [0.2, 0.25) is 0 Å². The fourth-order valence-corrected chi connectivity index (χ4v) is 4.69. The number of anilines is 1. The average Bonchev–Trinajstić information content (AvgIpc) is 2.88. The topological polar surface area (TPSA) is 95.9 Å². The number of esters is 1. The maximum Gasteiger partial charge on any atom is 0.323 e. The molecule has 32 heavy (non-hydrogen) atoms. The third-order valence-corrected chi connectivity index (χ3v) is 6.09. The minimum Gasteiger partial charge on any atom is -0.480 e. The van der Waals surface area contributed by atoms with Gasteiger partial charge in [-0.1, -0.05) is 42.5 Å². The summed E-state index contributed by atoms with van der Waals surface area (Å²) in [7, 11) is 0. The van der Waals surface area contributed by atoms with Crippen molar-refractivity contribution in [3.63, 3.8) is 0 Å². The highest BCUT2D eigenvalue weighted by Gasteiger charge is 2.32. The number of thioether (sulfide) groups is 1. The van der Waals surface area contributed by atoms with E-state index in [0.29, 0.717) is 18.5 Å². The number of benzene rings is 2. The van der Waals surface area contributed by atoms with Gasteiger partial charge in [0.15, 0.2) is 0 Å². The monoisotopic (exact) mass is 478 g/mol. The third-order valence-electron chi connectivity index (χ3n) is 4.90. The summed E-state index contributed by atoms with van der Waals surface area (Å²) >= 11 is 1.42. The highest BCUT2D eigenvalue weighted by Crippen LogP contribution is 2.37. The van der Waals surface area contributed by atoms with Crippen molar-refractivity contribution in [1.82, 2.24) is 5.32 Å². The van der Waals surface area contributed by atoms with Crippen LogP contribution in [0.1, 0.15) is 25.3 Å². The molecule has 0 saturated heterocycles. The SMILES string of the molecule is CCOC(=O)[C@@H](CCc1ccccc1)NC1CC(=O)N(CC(=O)O)c2ccccc2S1.Cl. The van der Waals surface area contributed by atoms with Gasteiger partial charge in [0.25, 0.3) is 0 Å². The molecule has 2 aromatic rings. The molecule has 0 bridgehead atoms. The number of ether oxygens (including phenoxy) is 1. The Labute approximate surface area is 197 Å². The van der Waals surface area contributed by atoms with Crippen LogP contribution in [-0.4, -0.2) is 47.5 Å². The summed E-state index contributed by atoms with van der Waals surface area (Å²) in [5.74, 6) is -1.73. The Kier molecular flexibility index (Phi) is 10.0. The van der Waals surface area contributed by atoms with E-state index in [9.17, 15) is 19.5 Å². The van der Waals surface area contributed by atoms with Gasteiger partial charge in [-0.25, -0.2) is 0 Å². The molecule has 2 aromatic carbocycles. The molecule has 0 radical (unpaired) electrons. The van der Waals surface area contributed by atoms with E-state index >= 15 is 0 Å². The average molecular weight is 479 g/mol. The predicted octanol–water partition coefficient (Wildman–Crippen LogP) is 3.50. The van der Waals surface area contributed by atoms with Crippen LogP contribution in [0.5, 0.6) is 0 Å². The summed E-state index contributed by atoms with van der Waals surface area (Å²) in [5.41, 5.74) is 1.68. The summed E-state index contributed by atoms with van der Waals surface area (Å²) < 4.78 is 5.25. The molecule has 1 heterocycles. The Hall–Kier alpha value is -2.55. The van der Waals surface area contributed by atoms with Gasteiger partial charge in [-0.3, -0.25) is 24.6 Å². The molecule has 0 fully saturated rings. The summed E-state index contributed by atoms with van der Waals surface area (Å²) in [6.45, 7) is 1.63. The van der Waals surface area contributed by atoms with E-state index in [1.165, 1.54) is 16.7 Å². The fraction of sp³-hybridized carbons (Fsp3) is 0.348. The quantitative estimate of drug-likeness (QED) is 0.532. The van der Waals surface area contributed by atoms with Crippen LogP contribution in [0, 0.1) is 0 Å². The summed E-state index contributed by atoms with van der Waals surface area (Å²) in [4.78, 5) is 38.8. The van der Waals surface area contributed by atoms with Crippen molar-refractivity contribution in [2.75, 3.05) is 18.1 Å². The molecule has 1 unspecified atom stereocenters. The number of nitrogens with zero attached hydrogens (tertiary/aromatic N) is 1. The number of hydrogen-bond donors (Lipinski definition) is 2. The molecule has 9 heteroatoms. The summed E-state index contributed by atoms with van der Waals surface area (Å²) in [6.07, 6.45) is 1.27. The zero-order chi connectivity index (χ0) is 22.2. The summed E-state index contributed by atoms with van der Waals surface area (Å²) in [6, 6.07) is 16.5. The molecular weight excluding hydrogens is 452 g/mol. The standard InChI is InChI=1S/C23H26N2O5S.ClH/c1-2-30-23(29)17(13-12-16-8-4-3-5-9-16)24-20-14-21(26)25(15-22(27)28)18-10-6-7-11-19(18)31-20;/h3-11,17,20,24H,2,12-15H2,1H3,(H,27,28);1H/t17-,20?;/m1./s1. The normalized spacial score (nSPS) is 16.3. The van der Waals surface area contributed by atoms with Crippen molar-refractivity contribution in [1.29, 1.82) is 0 Å². The molecule has 0 aliphatic carbocycles. The van der Waals surface area contributed by atoms with E-state index < -0.39 is 23.9 Å². The molecule has 2 atom stereocenters. The number of aryl methyl sites for hydroxylation is 1. The largest absolute Gasteiger partial charge is 0.480 e. The Morgan fingerprint density at radius 2 is 1.88 bits per heavy atom. The van der Waals surface area contributed by atoms with Crippen molar-refractivity contribution in [2.24, 2.45) is 0 Å². The van der Waals surface area contributed by atoms with Gasteiger partial charge in [0.2, 0.25) is 5.91 Å². The van der Waals surface area contributed by atoms with Crippen LogP contribution in [0.3, 0.4) is 0 Å². The zero-order valence-electron chi connectivity index (χ0n) is 17.7. The van der Waals surface area contributed by atoms with Crippen molar-refractivity contribution in [2.45, 2.75) is 42.5 Å². The van der Waals surface area contributed by atoms with E-state index in [2.05, 4.69) is 5.32 Å². The van der Waals surface area contributed by atoms with Gasteiger partial charge in [0.05, 0.1) is 24.1 Å². The van der Waals surface area contributed by atoms with Crippen LogP contribution < -0.4 is 10.2 Å². The lowest BCUT2D eigenvalue weighted by molar-refractivity contribution is -0.146. The van der Waals surface area contributed by atoms with E-state index in [1.54, 1.807) is 19.1 Å². The number of aliphatic carboxylic acids is 1. The number of carboxylic acids is 1. The van der Waals surface area contributed by atoms with Crippen molar-refractivity contribution < 1.29 is 24.2 Å². The fourth-order valence-electron chi connectivity index (χ4n) is 3.47. The van der Waals surface area contributed by atoms with E-state index in [4.69, 9.17) is 4.74 Å². The number of para-hydroxylation sites is 1. The molecule has 1 aliphatic rings. The lowest BCUT2D eigenvalue weighted by atomic mass is 10.1. The third kappa shape index (κ3) is 6.98. The van der Waals surface area contributed by atoms with Gasteiger partial charge in [0.1, 0.15) is 12.6 Å². The first kappa shape index (κ1) is 25.7. The maximum atomic E-state index is 12.9. The lowest BCUT2D eigenvalue weighted by Crippen LogP contribution is -2.45. The maximum absolute atomic E-state index is 12.9. The molecule has 0 aromatic heterocycles. The van der Waals surface area contributed by atoms with Crippen LogP contribution in [0.15, 0.2) is 59.5 Å². The molecule has 0 saturated carbocycles. The van der Waals surface area contributed by atoms with Crippen LogP contribution >= 0.6 is 24.2 Å². The molecular formula is C23H27ClN2O5S. The number of carboxylic acid groups (broad SMARTS) is 1. The zero-order valence-corrected chi connectivity index (χ0v) is 19.4. The highest BCUT2D eigenvalue weighted by molar-refractivity contribution is 8.00. The van der Waals surface area contributed by atoms with E-state index in [0.717, 1.165) is 10.5 Å². The first-order valence-electron chi connectivity index (χ1n) is 10.2. The number of hydrogen-bond acceptors (Lipinski definition) is 6. The van der Waals surface area contributed by atoms with Gasteiger partial charge in [-0.15, -0.1) is 24.2 Å². The number of amides is 1. The molecule has 3 rings (SSSR count). The van der Waals surface area contributed by atoms with Gasteiger partial charge in [0, 0.05) is 4.90 Å². The Bertz CT molecular complexity index is 928. The number of fused-ring (bicyclic) bond motifs is 1. The molecule has 1 amide bonds. The van der Waals surface area contributed by atoms with Crippen LogP contribution in [-0.2, 0) is 25.5 Å². The van der Waals surface area contributed by atoms with Crippen LogP contribution in [0.25, 0.3) is 0 Å². The van der Waals surface area contributed by atoms with Gasteiger partial charge >= 0.3 is 11.9 Å². The van der Waals surface area contributed by atoms with Crippen molar-refractivity contribution in [3.05, 3.63) is 60.2 Å². The van der Waals surface area contributed by atoms with Gasteiger partial charge in [-0.05, 0) is 37.5 Å². The number of carbonyl (C=O) groups is 3. The second-order valence-electron chi connectivity index (χ2n) is 7.15. The first-order valence-corrected chi connectivity index (χ1v) is 11.1. The molecule has 2 N–H and O–H groups in total. The Morgan fingerprint density at radius 1 is 1.19 bits per heavy atom. The van der Waals surface area contributed by atoms with Crippen molar-refractivity contribution >= 4 is 47.7 Å². The molecule has 7 nitrogen and oxygen atoms in total.